The number of nitrogens with zero attached hydrogens (tertiary/aromatic N) is 1. The first kappa shape index (κ1) is 14.0. The van der Waals surface area contributed by atoms with Crippen LogP contribution < -0.4 is 10.2 Å². The molecule has 1 aromatic rings. The van der Waals surface area contributed by atoms with Crippen LogP contribution in [-0.2, 0) is 4.79 Å². The molecular weight excluding hydrogens is 278 g/mol. The van der Waals surface area contributed by atoms with Crippen molar-refractivity contribution in [3.63, 3.8) is 0 Å². The van der Waals surface area contributed by atoms with Crippen molar-refractivity contribution in [3.8, 4) is 0 Å². The Balaban J connectivity index is 1.86. The number of benzene rings is 1. The van der Waals surface area contributed by atoms with Crippen LogP contribution in [0.5, 0.6) is 0 Å². The summed E-state index contributed by atoms with van der Waals surface area (Å²) in [4.78, 5) is 25.2. The van der Waals surface area contributed by atoms with Crippen LogP contribution in [0.3, 0.4) is 0 Å². The van der Waals surface area contributed by atoms with Gasteiger partial charge in [-0.05, 0) is 30.9 Å². The van der Waals surface area contributed by atoms with E-state index in [1.165, 1.54) is 0 Å². The fraction of sp³-hybridized carbons (Fsp3) is 0.467. The smallest absolute Gasteiger partial charge is 0.325 e. The van der Waals surface area contributed by atoms with E-state index in [0.29, 0.717) is 6.07 Å². The van der Waals surface area contributed by atoms with E-state index in [9.17, 15) is 18.4 Å². The monoisotopic (exact) mass is 294 g/mol. The molecule has 1 heterocycles. The fourth-order valence-corrected chi connectivity index (χ4v) is 3.18. The average molecular weight is 294 g/mol. The normalized spacial score (nSPS) is 23.5. The van der Waals surface area contributed by atoms with Crippen molar-refractivity contribution < 1.29 is 18.4 Å². The van der Waals surface area contributed by atoms with Gasteiger partial charge in [-0.3, -0.25) is 4.79 Å². The third kappa shape index (κ3) is 2.50. The Morgan fingerprint density at radius 3 is 2.48 bits per heavy atom. The quantitative estimate of drug-likeness (QED) is 0.853. The van der Waals surface area contributed by atoms with Gasteiger partial charge in [-0.2, -0.15) is 0 Å². The molecule has 0 aromatic heterocycles. The molecule has 3 amide bonds. The molecule has 1 aromatic carbocycles. The van der Waals surface area contributed by atoms with Crippen LogP contribution in [0.2, 0.25) is 0 Å². The van der Waals surface area contributed by atoms with E-state index in [4.69, 9.17) is 0 Å². The number of anilines is 1. The van der Waals surface area contributed by atoms with Gasteiger partial charge in [0.25, 0.3) is 5.91 Å². The Bertz CT molecular complexity index is 585. The molecule has 1 unspecified atom stereocenters. The van der Waals surface area contributed by atoms with Crippen LogP contribution >= 0.6 is 0 Å². The van der Waals surface area contributed by atoms with Crippen molar-refractivity contribution in [1.82, 2.24) is 5.32 Å². The molecule has 1 atom stereocenters. The van der Waals surface area contributed by atoms with Crippen LogP contribution in [0.25, 0.3) is 0 Å². The lowest BCUT2D eigenvalue weighted by molar-refractivity contribution is -0.119. The van der Waals surface area contributed by atoms with E-state index in [2.05, 4.69) is 5.32 Å². The van der Waals surface area contributed by atoms with Gasteiger partial charge in [0, 0.05) is 6.07 Å². The summed E-state index contributed by atoms with van der Waals surface area (Å²) >= 11 is 0. The summed E-state index contributed by atoms with van der Waals surface area (Å²) in [6.45, 7) is 0. The van der Waals surface area contributed by atoms with Gasteiger partial charge in [0.15, 0.2) is 0 Å². The molecule has 1 saturated heterocycles. The number of hydrogen-bond donors (Lipinski definition) is 1. The molecule has 2 fully saturated rings. The molecule has 1 saturated carbocycles. The number of hydrogen-bond acceptors (Lipinski definition) is 2. The lowest BCUT2D eigenvalue weighted by Gasteiger charge is -2.25. The van der Waals surface area contributed by atoms with Gasteiger partial charge in [0.1, 0.15) is 17.7 Å². The Morgan fingerprint density at radius 1 is 1.10 bits per heavy atom. The Labute approximate surface area is 121 Å². The van der Waals surface area contributed by atoms with E-state index < -0.39 is 29.6 Å². The van der Waals surface area contributed by atoms with Crippen molar-refractivity contribution in [2.75, 3.05) is 4.90 Å². The zero-order valence-corrected chi connectivity index (χ0v) is 11.4. The number of halogens is 2. The third-order valence-electron chi connectivity index (χ3n) is 4.24. The van der Waals surface area contributed by atoms with E-state index in [0.717, 1.165) is 49.1 Å². The number of amides is 3. The van der Waals surface area contributed by atoms with E-state index in [1.54, 1.807) is 0 Å². The summed E-state index contributed by atoms with van der Waals surface area (Å²) in [6, 6.07) is 1.59. The summed E-state index contributed by atoms with van der Waals surface area (Å²) in [5, 5.41) is 2.64. The number of nitrogens with one attached hydrogen (secondary N) is 1. The van der Waals surface area contributed by atoms with E-state index >= 15 is 0 Å². The molecule has 0 radical (unpaired) electrons. The van der Waals surface area contributed by atoms with Crippen LogP contribution in [0, 0.1) is 17.6 Å². The van der Waals surface area contributed by atoms with Gasteiger partial charge in [0.2, 0.25) is 0 Å². The Hall–Kier alpha value is -1.98. The maximum absolute atomic E-state index is 13.8. The number of urea groups is 1. The molecule has 1 aliphatic carbocycles. The highest BCUT2D eigenvalue weighted by molar-refractivity contribution is 6.21. The first-order chi connectivity index (χ1) is 10.1. The number of rotatable bonds is 2. The SMILES string of the molecule is O=C1NC(C2CCCCC2)C(=O)N1c1ccc(F)cc1F. The van der Waals surface area contributed by atoms with Crippen molar-refractivity contribution in [2.45, 2.75) is 38.1 Å². The zero-order chi connectivity index (χ0) is 15.0. The van der Waals surface area contributed by atoms with Crippen molar-refractivity contribution >= 4 is 17.6 Å². The first-order valence-corrected chi connectivity index (χ1v) is 7.17. The van der Waals surface area contributed by atoms with Gasteiger partial charge >= 0.3 is 6.03 Å². The Morgan fingerprint density at radius 2 is 1.81 bits per heavy atom. The van der Waals surface area contributed by atoms with Crippen LogP contribution in [0.15, 0.2) is 18.2 Å². The lowest BCUT2D eigenvalue weighted by Crippen LogP contribution is -2.38. The first-order valence-electron chi connectivity index (χ1n) is 7.17. The molecule has 2 aliphatic rings. The molecule has 4 nitrogen and oxygen atoms in total. The summed E-state index contributed by atoms with van der Waals surface area (Å²) < 4.78 is 26.8. The minimum absolute atomic E-state index is 0.101. The minimum Gasteiger partial charge on any atom is -0.325 e. The average Bonchev–Trinajstić information content (AvgIpc) is 2.76. The Kier molecular flexibility index (Phi) is 3.61. The second-order valence-electron chi connectivity index (χ2n) is 5.59. The maximum Gasteiger partial charge on any atom is 0.329 e. The predicted octanol–water partition coefficient (Wildman–Crippen LogP) is 2.97. The van der Waals surface area contributed by atoms with Crippen molar-refractivity contribution in [3.05, 3.63) is 29.8 Å². The molecular formula is C15H16F2N2O2. The number of carbonyl (C=O) groups is 2. The second-order valence-corrected chi connectivity index (χ2v) is 5.59. The van der Waals surface area contributed by atoms with Gasteiger partial charge in [-0.1, -0.05) is 19.3 Å². The molecule has 1 N–H and O–H groups in total. The molecule has 0 spiro atoms. The predicted molar refractivity (Wildman–Crippen MR) is 72.7 cm³/mol. The lowest BCUT2D eigenvalue weighted by atomic mass is 9.84. The molecule has 3 rings (SSSR count). The van der Waals surface area contributed by atoms with Gasteiger partial charge in [0.05, 0.1) is 5.69 Å². The summed E-state index contributed by atoms with van der Waals surface area (Å²) in [6.07, 6.45) is 4.99. The second kappa shape index (κ2) is 5.42. The minimum atomic E-state index is -0.914. The molecule has 112 valence electrons. The van der Waals surface area contributed by atoms with Gasteiger partial charge in [-0.25, -0.2) is 18.5 Å². The van der Waals surface area contributed by atoms with Gasteiger partial charge in [-0.15, -0.1) is 0 Å². The third-order valence-corrected chi connectivity index (χ3v) is 4.24. The van der Waals surface area contributed by atoms with E-state index in [-0.39, 0.29) is 11.6 Å². The number of carbonyl (C=O) groups excluding carboxylic acids is 2. The number of imide groups is 1. The van der Waals surface area contributed by atoms with Crippen LogP contribution in [-0.4, -0.2) is 18.0 Å². The summed E-state index contributed by atoms with van der Waals surface area (Å²) in [7, 11) is 0. The van der Waals surface area contributed by atoms with E-state index in [1.807, 2.05) is 0 Å². The van der Waals surface area contributed by atoms with Crippen molar-refractivity contribution in [1.29, 1.82) is 0 Å². The highest BCUT2D eigenvalue weighted by Gasteiger charge is 2.44. The topological polar surface area (TPSA) is 49.4 Å². The summed E-state index contributed by atoms with van der Waals surface area (Å²) in [5.41, 5.74) is -0.197. The molecule has 6 heteroatoms. The van der Waals surface area contributed by atoms with Crippen LogP contribution in [0.4, 0.5) is 19.3 Å². The molecule has 0 bridgehead atoms. The largest absolute Gasteiger partial charge is 0.329 e. The zero-order valence-electron chi connectivity index (χ0n) is 11.4. The van der Waals surface area contributed by atoms with Crippen molar-refractivity contribution in [2.24, 2.45) is 5.92 Å². The summed E-state index contributed by atoms with van der Waals surface area (Å²) in [5.74, 6) is -2.00. The van der Waals surface area contributed by atoms with Gasteiger partial charge < -0.3 is 5.32 Å². The maximum atomic E-state index is 13.8. The fourth-order valence-electron chi connectivity index (χ4n) is 3.18. The standard InChI is InChI=1S/C15H16F2N2O2/c16-10-6-7-12(11(17)8-10)19-14(20)13(18-15(19)21)9-4-2-1-3-5-9/h6-9,13H,1-5H2,(H,18,21). The molecule has 21 heavy (non-hydrogen) atoms. The highest BCUT2D eigenvalue weighted by Crippen LogP contribution is 2.32. The molecule has 1 aliphatic heterocycles. The highest BCUT2D eigenvalue weighted by atomic mass is 19.1. The van der Waals surface area contributed by atoms with Crippen LogP contribution in [0.1, 0.15) is 32.1 Å².